The van der Waals surface area contributed by atoms with Crippen LogP contribution in [0.2, 0.25) is 0 Å². The molecule has 0 saturated carbocycles. The quantitative estimate of drug-likeness (QED) is 0.528. The van der Waals surface area contributed by atoms with E-state index in [1.54, 1.807) is 11.1 Å². The second-order valence-electron chi connectivity index (χ2n) is 6.02. The summed E-state index contributed by atoms with van der Waals surface area (Å²) in [5.41, 5.74) is 2.35. The summed E-state index contributed by atoms with van der Waals surface area (Å²) in [6.07, 6.45) is 1.72. The summed E-state index contributed by atoms with van der Waals surface area (Å²) in [7, 11) is 0. The molecule has 0 atom stereocenters. The summed E-state index contributed by atoms with van der Waals surface area (Å²) in [6, 6.07) is 28.7. The molecule has 5 heteroatoms. The topological polar surface area (TPSA) is 73.9 Å². The van der Waals surface area contributed by atoms with Gasteiger partial charge < -0.3 is 10.2 Å². The first-order valence-corrected chi connectivity index (χ1v) is 8.72. The van der Waals surface area contributed by atoms with E-state index in [1.165, 1.54) is 0 Å². The van der Waals surface area contributed by atoms with E-state index in [4.69, 9.17) is 4.74 Å². The van der Waals surface area contributed by atoms with Gasteiger partial charge in [-0.3, -0.25) is 14.7 Å². The van der Waals surface area contributed by atoms with Crippen LogP contribution in [0.25, 0.3) is 10.9 Å². The van der Waals surface area contributed by atoms with Crippen molar-refractivity contribution in [3.8, 4) is 5.75 Å². The maximum Gasteiger partial charge on any atom is 0.269 e. The van der Waals surface area contributed by atoms with Crippen LogP contribution in [-0.4, -0.2) is 23.0 Å². The highest BCUT2D eigenvalue weighted by atomic mass is 16.5. The molecule has 1 amide bonds. The van der Waals surface area contributed by atoms with E-state index in [9.17, 15) is 4.79 Å². The smallest absolute Gasteiger partial charge is 0.269 e. The van der Waals surface area contributed by atoms with Gasteiger partial charge in [0.05, 0.1) is 0 Å². The third-order valence-corrected chi connectivity index (χ3v) is 4.23. The lowest BCUT2D eigenvalue weighted by molar-refractivity contribution is -0.119. The molecule has 0 saturated heterocycles. The van der Waals surface area contributed by atoms with Crippen molar-refractivity contribution in [3.63, 3.8) is 0 Å². The van der Waals surface area contributed by atoms with Crippen molar-refractivity contribution in [1.82, 2.24) is 4.98 Å². The molecule has 0 spiro atoms. The maximum absolute atomic E-state index is 13.0. The van der Waals surface area contributed by atoms with Crippen molar-refractivity contribution in [2.45, 2.75) is 0 Å². The molecular formula is C23H20N2O3. The Balaban J connectivity index is 0.00000225. The molecule has 4 aromatic rings. The molecule has 5 nitrogen and oxygen atoms in total. The molecule has 0 aliphatic rings. The van der Waals surface area contributed by atoms with Gasteiger partial charge in [-0.25, -0.2) is 0 Å². The van der Waals surface area contributed by atoms with Crippen molar-refractivity contribution in [3.05, 3.63) is 97.2 Å². The number of ether oxygens (including phenoxy) is 1. The van der Waals surface area contributed by atoms with E-state index >= 15 is 0 Å². The van der Waals surface area contributed by atoms with Crippen LogP contribution in [0, 0.1) is 0 Å². The summed E-state index contributed by atoms with van der Waals surface area (Å²) in [4.78, 5) is 19.1. The number of carbonyl (C=O) groups excluding carboxylic acids is 1. The molecule has 0 fully saturated rings. The largest absolute Gasteiger partial charge is 0.481 e. The zero-order chi connectivity index (χ0) is 18.5. The number of para-hydroxylation sites is 3. The number of anilines is 2. The molecule has 0 unspecified atom stereocenters. The number of hydrogen-bond donors (Lipinski definition) is 0. The first-order chi connectivity index (χ1) is 13.3. The van der Waals surface area contributed by atoms with E-state index in [0.717, 1.165) is 22.3 Å². The highest BCUT2D eigenvalue weighted by Crippen LogP contribution is 2.26. The summed E-state index contributed by atoms with van der Waals surface area (Å²) >= 11 is 0. The minimum atomic E-state index is -0.152. The number of benzene rings is 3. The van der Waals surface area contributed by atoms with Crippen LogP contribution in [0.5, 0.6) is 5.75 Å². The summed E-state index contributed by atoms with van der Waals surface area (Å²) < 4.78 is 5.85. The standard InChI is InChI=1S/C23H18N2O2.H2O/c26-22(17-27-21-15-7-9-18-10-8-16-24-23(18)21)25(19-11-3-1-4-12-19)20-13-5-2-6-14-20;/h1-16H,17H2;1H2. The zero-order valence-electron chi connectivity index (χ0n) is 15.2. The van der Waals surface area contributed by atoms with E-state index in [1.807, 2.05) is 91.0 Å². The first-order valence-electron chi connectivity index (χ1n) is 8.72. The second kappa shape index (κ2) is 8.79. The van der Waals surface area contributed by atoms with Gasteiger partial charge in [0.25, 0.3) is 5.91 Å². The fraction of sp³-hybridized carbons (Fsp3) is 0.0435. The lowest BCUT2D eigenvalue weighted by Gasteiger charge is -2.23. The number of aromatic nitrogens is 1. The Kier molecular flexibility index (Phi) is 5.99. The lowest BCUT2D eigenvalue weighted by Crippen LogP contribution is -2.30. The average Bonchev–Trinajstić information content (AvgIpc) is 2.74. The molecule has 4 rings (SSSR count). The van der Waals surface area contributed by atoms with Gasteiger partial charge in [0.1, 0.15) is 11.3 Å². The fourth-order valence-corrected chi connectivity index (χ4v) is 2.99. The van der Waals surface area contributed by atoms with E-state index in [0.29, 0.717) is 5.75 Å². The average molecular weight is 372 g/mol. The van der Waals surface area contributed by atoms with Crippen LogP contribution in [0.15, 0.2) is 97.2 Å². The molecular weight excluding hydrogens is 352 g/mol. The van der Waals surface area contributed by atoms with Gasteiger partial charge in [-0.05, 0) is 36.4 Å². The summed E-state index contributed by atoms with van der Waals surface area (Å²) in [6.45, 7) is -0.0839. The molecule has 0 radical (unpaired) electrons. The number of hydrogen-bond acceptors (Lipinski definition) is 3. The number of fused-ring (bicyclic) bond motifs is 1. The molecule has 0 aliphatic heterocycles. The fourth-order valence-electron chi connectivity index (χ4n) is 2.99. The van der Waals surface area contributed by atoms with Gasteiger partial charge >= 0.3 is 0 Å². The Morgan fingerprint density at radius 3 is 2.04 bits per heavy atom. The number of nitrogens with zero attached hydrogens (tertiary/aromatic N) is 2. The van der Waals surface area contributed by atoms with Gasteiger partial charge in [-0.15, -0.1) is 0 Å². The highest BCUT2D eigenvalue weighted by Gasteiger charge is 2.18. The summed E-state index contributed by atoms with van der Waals surface area (Å²) in [5, 5.41) is 0.977. The Morgan fingerprint density at radius 1 is 0.786 bits per heavy atom. The Hall–Kier alpha value is -3.70. The molecule has 1 aromatic heterocycles. The SMILES string of the molecule is O.O=C(COc1cccc2cccnc12)N(c1ccccc1)c1ccccc1. The number of pyridine rings is 1. The minimum Gasteiger partial charge on any atom is -0.481 e. The maximum atomic E-state index is 13.0. The molecule has 1 heterocycles. The van der Waals surface area contributed by atoms with Crippen molar-refractivity contribution >= 4 is 28.2 Å². The van der Waals surface area contributed by atoms with Crippen LogP contribution >= 0.6 is 0 Å². The van der Waals surface area contributed by atoms with Gasteiger partial charge in [0, 0.05) is 23.0 Å². The molecule has 2 N–H and O–H groups in total. The van der Waals surface area contributed by atoms with Gasteiger partial charge in [0.2, 0.25) is 0 Å². The van der Waals surface area contributed by atoms with Crippen LogP contribution in [0.3, 0.4) is 0 Å². The van der Waals surface area contributed by atoms with Gasteiger partial charge in [-0.2, -0.15) is 0 Å². The monoisotopic (exact) mass is 372 g/mol. The summed E-state index contributed by atoms with van der Waals surface area (Å²) in [5.74, 6) is 0.447. The Labute approximate surface area is 163 Å². The normalized spacial score (nSPS) is 10.1. The van der Waals surface area contributed by atoms with Crippen LogP contribution in [0.4, 0.5) is 11.4 Å². The number of rotatable bonds is 5. The van der Waals surface area contributed by atoms with Crippen molar-refractivity contribution in [2.24, 2.45) is 0 Å². The molecule has 0 bridgehead atoms. The van der Waals surface area contributed by atoms with Gasteiger partial charge in [0.15, 0.2) is 6.61 Å². The second-order valence-corrected chi connectivity index (χ2v) is 6.02. The number of amides is 1. The third-order valence-electron chi connectivity index (χ3n) is 4.23. The van der Waals surface area contributed by atoms with Crippen molar-refractivity contribution < 1.29 is 15.0 Å². The Morgan fingerprint density at radius 2 is 1.39 bits per heavy atom. The Bertz CT molecular complexity index is 1010. The van der Waals surface area contributed by atoms with E-state index < -0.39 is 0 Å². The van der Waals surface area contributed by atoms with Crippen LogP contribution < -0.4 is 9.64 Å². The molecule has 3 aromatic carbocycles. The van der Waals surface area contributed by atoms with Gasteiger partial charge in [-0.1, -0.05) is 54.6 Å². The first kappa shape index (κ1) is 19.1. The van der Waals surface area contributed by atoms with Crippen molar-refractivity contribution in [1.29, 1.82) is 0 Å². The predicted molar refractivity (Wildman–Crippen MR) is 111 cm³/mol. The van der Waals surface area contributed by atoms with E-state index in [-0.39, 0.29) is 18.0 Å². The molecule has 28 heavy (non-hydrogen) atoms. The van der Waals surface area contributed by atoms with Crippen LogP contribution in [-0.2, 0) is 4.79 Å². The highest BCUT2D eigenvalue weighted by molar-refractivity contribution is 6.01. The molecule has 0 aliphatic carbocycles. The third kappa shape index (κ3) is 4.00. The minimum absolute atomic E-state index is 0. The lowest BCUT2D eigenvalue weighted by atomic mass is 10.2. The zero-order valence-corrected chi connectivity index (χ0v) is 15.2. The number of carbonyl (C=O) groups is 1. The predicted octanol–water partition coefficient (Wildman–Crippen LogP) is 4.15. The van der Waals surface area contributed by atoms with Crippen LogP contribution in [0.1, 0.15) is 0 Å². The van der Waals surface area contributed by atoms with E-state index in [2.05, 4.69) is 4.98 Å². The van der Waals surface area contributed by atoms with Crippen molar-refractivity contribution in [2.75, 3.05) is 11.5 Å². The molecule has 140 valence electrons.